The van der Waals surface area contributed by atoms with Gasteiger partial charge in [0.1, 0.15) is 5.60 Å². The van der Waals surface area contributed by atoms with Crippen molar-refractivity contribution in [1.29, 1.82) is 0 Å². The Kier molecular flexibility index (Phi) is 5.65. The first-order valence-electron chi connectivity index (χ1n) is 8.08. The van der Waals surface area contributed by atoms with E-state index in [0.29, 0.717) is 13.2 Å². The maximum absolute atomic E-state index is 12.3. The molecule has 0 spiro atoms. The number of carbonyl (C=O) groups excluding carboxylic acids is 1. The van der Waals surface area contributed by atoms with Gasteiger partial charge in [0, 0.05) is 12.5 Å². The molecular formula is C18H27NO4. The molecule has 1 aromatic rings. The minimum absolute atomic E-state index is 0.136. The third-order valence-corrected chi connectivity index (χ3v) is 3.93. The van der Waals surface area contributed by atoms with Crippen LogP contribution in [0, 0.1) is 5.92 Å². The van der Waals surface area contributed by atoms with E-state index in [0.717, 1.165) is 5.56 Å². The molecule has 1 saturated heterocycles. The highest BCUT2D eigenvalue weighted by Crippen LogP contribution is 2.28. The van der Waals surface area contributed by atoms with Crippen molar-refractivity contribution in [1.82, 2.24) is 4.90 Å². The van der Waals surface area contributed by atoms with Crippen LogP contribution in [0.15, 0.2) is 30.3 Å². The smallest absolute Gasteiger partial charge is 0.410 e. The molecule has 1 amide bonds. The van der Waals surface area contributed by atoms with E-state index in [-0.39, 0.29) is 24.7 Å². The maximum Gasteiger partial charge on any atom is 0.410 e. The molecule has 1 fully saturated rings. The SMILES string of the molecule is C[C@H]1CN(C(=O)OC(C)(C)C)[C@H](CO)[C@@H]1OCc1ccccc1. The number of amides is 1. The summed E-state index contributed by atoms with van der Waals surface area (Å²) in [5.41, 5.74) is 0.524. The quantitative estimate of drug-likeness (QED) is 0.926. The summed E-state index contributed by atoms with van der Waals surface area (Å²) in [6, 6.07) is 9.52. The zero-order chi connectivity index (χ0) is 17.0. The van der Waals surface area contributed by atoms with E-state index in [2.05, 4.69) is 0 Å². The number of rotatable bonds is 4. The van der Waals surface area contributed by atoms with Gasteiger partial charge in [0.05, 0.1) is 25.4 Å². The van der Waals surface area contributed by atoms with Crippen LogP contribution in [0.25, 0.3) is 0 Å². The summed E-state index contributed by atoms with van der Waals surface area (Å²) >= 11 is 0. The highest BCUT2D eigenvalue weighted by Gasteiger charge is 2.43. The van der Waals surface area contributed by atoms with E-state index in [1.807, 2.05) is 58.0 Å². The molecule has 23 heavy (non-hydrogen) atoms. The van der Waals surface area contributed by atoms with E-state index in [9.17, 15) is 9.90 Å². The molecule has 1 N–H and O–H groups in total. The zero-order valence-corrected chi connectivity index (χ0v) is 14.4. The Balaban J connectivity index is 2.01. The highest BCUT2D eigenvalue weighted by atomic mass is 16.6. The lowest BCUT2D eigenvalue weighted by Crippen LogP contribution is -2.45. The second kappa shape index (κ2) is 7.32. The largest absolute Gasteiger partial charge is 0.444 e. The van der Waals surface area contributed by atoms with Gasteiger partial charge in [-0.3, -0.25) is 4.90 Å². The van der Waals surface area contributed by atoms with Gasteiger partial charge >= 0.3 is 6.09 Å². The molecule has 128 valence electrons. The summed E-state index contributed by atoms with van der Waals surface area (Å²) < 4.78 is 11.4. The number of aliphatic hydroxyl groups excluding tert-OH is 1. The van der Waals surface area contributed by atoms with Crippen molar-refractivity contribution in [2.45, 2.75) is 52.0 Å². The van der Waals surface area contributed by atoms with E-state index < -0.39 is 11.7 Å². The fourth-order valence-corrected chi connectivity index (χ4v) is 2.88. The van der Waals surface area contributed by atoms with Gasteiger partial charge in [0.15, 0.2) is 0 Å². The second-order valence-electron chi connectivity index (χ2n) is 7.12. The average molecular weight is 321 g/mol. The molecule has 1 heterocycles. The van der Waals surface area contributed by atoms with Crippen LogP contribution in [0.1, 0.15) is 33.3 Å². The molecule has 0 aromatic heterocycles. The molecule has 0 unspecified atom stereocenters. The first-order chi connectivity index (χ1) is 10.8. The number of nitrogens with zero attached hydrogens (tertiary/aromatic N) is 1. The Morgan fingerprint density at radius 2 is 1.96 bits per heavy atom. The van der Waals surface area contributed by atoms with Gasteiger partial charge in [-0.15, -0.1) is 0 Å². The van der Waals surface area contributed by atoms with Crippen molar-refractivity contribution >= 4 is 6.09 Å². The van der Waals surface area contributed by atoms with Gasteiger partial charge in [0.2, 0.25) is 0 Å². The van der Waals surface area contributed by atoms with Crippen molar-refractivity contribution in [2.75, 3.05) is 13.2 Å². The number of aliphatic hydroxyl groups is 1. The Labute approximate surface area is 138 Å². The molecule has 5 heteroatoms. The van der Waals surface area contributed by atoms with E-state index in [1.54, 1.807) is 4.90 Å². The number of hydrogen-bond donors (Lipinski definition) is 1. The lowest BCUT2D eigenvalue weighted by molar-refractivity contribution is -0.0252. The summed E-state index contributed by atoms with van der Waals surface area (Å²) in [5.74, 6) is 0.142. The summed E-state index contributed by atoms with van der Waals surface area (Å²) in [7, 11) is 0. The van der Waals surface area contributed by atoms with Gasteiger partial charge in [0.25, 0.3) is 0 Å². The van der Waals surface area contributed by atoms with Crippen LogP contribution in [0.4, 0.5) is 4.79 Å². The predicted octanol–water partition coefficient (Wildman–Crippen LogP) is 2.82. The molecule has 3 atom stereocenters. The number of hydrogen-bond acceptors (Lipinski definition) is 4. The summed E-state index contributed by atoms with van der Waals surface area (Å²) in [6.45, 7) is 8.39. The normalized spacial score (nSPS) is 24.7. The highest BCUT2D eigenvalue weighted by molar-refractivity contribution is 5.69. The molecule has 1 aromatic carbocycles. The summed E-state index contributed by atoms with van der Waals surface area (Å²) in [6.07, 6.45) is -0.595. The molecule has 1 aliphatic heterocycles. The van der Waals surface area contributed by atoms with Crippen molar-refractivity contribution in [3.8, 4) is 0 Å². The molecule has 1 aliphatic rings. The average Bonchev–Trinajstić information content (AvgIpc) is 2.80. The van der Waals surface area contributed by atoms with Gasteiger partial charge in [-0.25, -0.2) is 4.79 Å². The maximum atomic E-state index is 12.3. The lowest BCUT2D eigenvalue weighted by atomic mass is 10.0. The molecule has 0 radical (unpaired) electrons. The van der Waals surface area contributed by atoms with Crippen LogP contribution in [0.5, 0.6) is 0 Å². The van der Waals surface area contributed by atoms with Crippen LogP contribution < -0.4 is 0 Å². The third-order valence-electron chi connectivity index (χ3n) is 3.93. The standard InChI is InChI=1S/C18H27NO4/c1-13-10-19(17(21)23-18(2,3)4)15(11-20)16(13)22-12-14-8-6-5-7-9-14/h5-9,13,15-16,20H,10-12H2,1-4H3/t13-,15+,16+/m0/s1. The van der Waals surface area contributed by atoms with E-state index in [4.69, 9.17) is 9.47 Å². The van der Waals surface area contributed by atoms with Crippen molar-refractivity contribution in [3.05, 3.63) is 35.9 Å². The summed E-state index contributed by atoms with van der Waals surface area (Å²) in [4.78, 5) is 13.9. The number of likely N-dealkylation sites (tertiary alicyclic amines) is 1. The molecule has 5 nitrogen and oxygen atoms in total. The lowest BCUT2D eigenvalue weighted by Gasteiger charge is -2.29. The monoisotopic (exact) mass is 321 g/mol. The van der Waals surface area contributed by atoms with Crippen LogP contribution in [-0.4, -0.2) is 47.0 Å². The molecular weight excluding hydrogens is 294 g/mol. The predicted molar refractivity (Wildman–Crippen MR) is 88.0 cm³/mol. The zero-order valence-electron chi connectivity index (χ0n) is 14.4. The van der Waals surface area contributed by atoms with E-state index in [1.165, 1.54) is 0 Å². The number of carbonyl (C=O) groups is 1. The molecule has 0 bridgehead atoms. The fourth-order valence-electron chi connectivity index (χ4n) is 2.88. The Morgan fingerprint density at radius 1 is 1.30 bits per heavy atom. The van der Waals surface area contributed by atoms with Gasteiger partial charge in [-0.1, -0.05) is 37.3 Å². The van der Waals surface area contributed by atoms with Crippen LogP contribution >= 0.6 is 0 Å². The first kappa shape index (κ1) is 17.8. The molecule has 0 saturated carbocycles. The second-order valence-corrected chi connectivity index (χ2v) is 7.12. The topological polar surface area (TPSA) is 59.0 Å². The summed E-state index contributed by atoms with van der Waals surface area (Å²) in [5, 5.41) is 9.74. The minimum Gasteiger partial charge on any atom is -0.444 e. The molecule has 0 aliphatic carbocycles. The van der Waals surface area contributed by atoms with Crippen molar-refractivity contribution in [2.24, 2.45) is 5.92 Å². The van der Waals surface area contributed by atoms with Crippen LogP contribution in [0.3, 0.4) is 0 Å². The minimum atomic E-state index is -0.552. The third kappa shape index (κ3) is 4.69. The van der Waals surface area contributed by atoms with Gasteiger partial charge < -0.3 is 14.6 Å². The number of ether oxygens (including phenoxy) is 2. The van der Waals surface area contributed by atoms with Crippen molar-refractivity contribution in [3.63, 3.8) is 0 Å². The van der Waals surface area contributed by atoms with Gasteiger partial charge in [-0.05, 0) is 26.3 Å². The Morgan fingerprint density at radius 3 is 2.52 bits per heavy atom. The fraction of sp³-hybridized carbons (Fsp3) is 0.611. The van der Waals surface area contributed by atoms with Crippen molar-refractivity contribution < 1.29 is 19.4 Å². The number of benzene rings is 1. The Bertz CT molecular complexity index is 512. The van der Waals surface area contributed by atoms with Crippen LogP contribution in [-0.2, 0) is 16.1 Å². The van der Waals surface area contributed by atoms with Crippen LogP contribution in [0.2, 0.25) is 0 Å². The van der Waals surface area contributed by atoms with E-state index >= 15 is 0 Å². The Hall–Kier alpha value is -1.59. The first-order valence-corrected chi connectivity index (χ1v) is 8.08. The molecule has 2 rings (SSSR count). The van der Waals surface area contributed by atoms with Gasteiger partial charge in [-0.2, -0.15) is 0 Å².